The van der Waals surface area contributed by atoms with Gasteiger partial charge in [-0.15, -0.1) is 0 Å². The molecule has 0 radical (unpaired) electrons. The molecule has 118 valence electrons. The van der Waals surface area contributed by atoms with Gasteiger partial charge < -0.3 is 21.3 Å². The first-order chi connectivity index (χ1) is 10.5. The van der Waals surface area contributed by atoms with Crippen LogP contribution in [0.25, 0.3) is 0 Å². The second-order valence-electron chi connectivity index (χ2n) is 5.16. The number of nitrogens with one attached hydrogen (secondary N) is 3. The summed E-state index contributed by atoms with van der Waals surface area (Å²) in [6.07, 6.45) is 0.934. The average molecular weight is 303 g/mol. The molecule has 0 atom stereocenters. The van der Waals surface area contributed by atoms with E-state index in [0.29, 0.717) is 24.1 Å². The third-order valence-corrected chi connectivity index (χ3v) is 2.89. The topological polar surface area (TPSA) is 112 Å². The number of aromatic amines is 1. The standard InChI is InChI=1S/C14H21N7O/c1-21(2)9-3-8-16-12-18-13(20-14(22)19-12)17-11-6-4-10(15)5-7-11/h4-7H,3,8-9,15H2,1-2H3,(H3,16,17,18,19,20,22). The smallest absolute Gasteiger partial charge is 0.351 e. The minimum Gasteiger partial charge on any atom is -0.399 e. The molecule has 0 amide bonds. The SMILES string of the molecule is CN(C)CCCNc1nc(Nc2ccc(N)cc2)[nH]c(=O)n1. The number of nitrogens with zero attached hydrogens (tertiary/aromatic N) is 3. The van der Waals surface area contributed by atoms with Gasteiger partial charge >= 0.3 is 5.69 Å². The van der Waals surface area contributed by atoms with Gasteiger partial charge in [0, 0.05) is 17.9 Å². The molecule has 2 rings (SSSR count). The molecule has 0 aliphatic heterocycles. The van der Waals surface area contributed by atoms with Crippen molar-refractivity contribution in [3.8, 4) is 0 Å². The summed E-state index contributed by atoms with van der Waals surface area (Å²) in [5, 5.41) is 6.06. The van der Waals surface area contributed by atoms with Crippen molar-refractivity contribution in [3.05, 3.63) is 34.7 Å². The van der Waals surface area contributed by atoms with E-state index in [-0.39, 0.29) is 0 Å². The van der Waals surface area contributed by atoms with E-state index in [1.54, 1.807) is 24.3 Å². The van der Waals surface area contributed by atoms with Crippen molar-refractivity contribution in [1.82, 2.24) is 19.9 Å². The molecule has 0 saturated heterocycles. The number of hydrogen-bond donors (Lipinski definition) is 4. The number of benzene rings is 1. The number of H-pyrrole nitrogens is 1. The molecule has 1 aromatic heterocycles. The predicted octanol–water partition coefficient (Wildman–Crippen LogP) is 0.854. The summed E-state index contributed by atoms with van der Waals surface area (Å²) in [5.74, 6) is 0.639. The van der Waals surface area contributed by atoms with Gasteiger partial charge in [-0.1, -0.05) is 0 Å². The van der Waals surface area contributed by atoms with Crippen LogP contribution in [0.1, 0.15) is 6.42 Å². The van der Waals surface area contributed by atoms with Gasteiger partial charge in [-0.05, 0) is 51.3 Å². The first-order valence-corrected chi connectivity index (χ1v) is 7.02. The molecule has 0 fully saturated rings. The Hall–Kier alpha value is -2.61. The van der Waals surface area contributed by atoms with Gasteiger partial charge in [-0.25, -0.2) is 4.79 Å². The van der Waals surface area contributed by atoms with Crippen LogP contribution in [0.2, 0.25) is 0 Å². The number of nitrogens with two attached hydrogens (primary N) is 1. The Bertz CT molecular complexity index is 651. The number of hydrogen-bond acceptors (Lipinski definition) is 7. The molecule has 5 N–H and O–H groups in total. The highest BCUT2D eigenvalue weighted by atomic mass is 16.1. The highest BCUT2D eigenvalue weighted by Crippen LogP contribution is 2.14. The lowest BCUT2D eigenvalue weighted by molar-refractivity contribution is 0.405. The number of aromatic nitrogens is 3. The second kappa shape index (κ2) is 7.41. The van der Waals surface area contributed by atoms with Crippen molar-refractivity contribution in [2.75, 3.05) is 43.6 Å². The Labute approximate surface area is 128 Å². The van der Waals surface area contributed by atoms with E-state index >= 15 is 0 Å². The molecule has 0 spiro atoms. The molecule has 0 saturated carbocycles. The predicted molar refractivity (Wildman–Crippen MR) is 88.5 cm³/mol. The Balaban J connectivity index is 2.00. The van der Waals surface area contributed by atoms with Crippen molar-refractivity contribution in [2.24, 2.45) is 0 Å². The zero-order chi connectivity index (χ0) is 15.9. The van der Waals surface area contributed by atoms with E-state index in [2.05, 4.69) is 30.5 Å². The molecule has 0 bridgehead atoms. The zero-order valence-corrected chi connectivity index (χ0v) is 12.8. The third-order valence-electron chi connectivity index (χ3n) is 2.89. The Morgan fingerprint density at radius 2 is 1.95 bits per heavy atom. The molecule has 1 heterocycles. The van der Waals surface area contributed by atoms with Crippen LogP contribution in [0, 0.1) is 0 Å². The van der Waals surface area contributed by atoms with Crippen LogP contribution in [0.15, 0.2) is 29.1 Å². The normalized spacial score (nSPS) is 10.7. The Morgan fingerprint density at radius 1 is 1.23 bits per heavy atom. The van der Waals surface area contributed by atoms with Crippen molar-refractivity contribution in [2.45, 2.75) is 6.42 Å². The molecular weight excluding hydrogens is 282 g/mol. The van der Waals surface area contributed by atoms with Crippen molar-refractivity contribution in [1.29, 1.82) is 0 Å². The van der Waals surface area contributed by atoms with E-state index in [1.807, 2.05) is 14.1 Å². The van der Waals surface area contributed by atoms with Crippen LogP contribution in [-0.4, -0.2) is 47.0 Å². The van der Waals surface area contributed by atoms with Crippen molar-refractivity contribution >= 4 is 23.3 Å². The number of nitrogen functional groups attached to an aromatic ring is 1. The summed E-state index contributed by atoms with van der Waals surface area (Å²) in [7, 11) is 4.02. The fourth-order valence-electron chi connectivity index (χ4n) is 1.82. The maximum absolute atomic E-state index is 11.6. The summed E-state index contributed by atoms with van der Waals surface area (Å²) in [4.78, 5) is 24.3. The first kappa shape index (κ1) is 15.8. The molecule has 22 heavy (non-hydrogen) atoms. The summed E-state index contributed by atoms with van der Waals surface area (Å²) in [6.45, 7) is 1.65. The van der Waals surface area contributed by atoms with E-state index in [4.69, 9.17) is 5.73 Å². The van der Waals surface area contributed by atoms with E-state index in [1.165, 1.54) is 0 Å². The Morgan fingerprint density at radius 3 is 2.64 bits per heavy atom. The minimum absolute atomic E-state index is 0.306. The van der Waals surface area contributed by atoms with Gasteiger partial charge in [0.2, 0.25) is 11.9 Å². The summed E-state index contributed by atoms with van der Waals surface area (Å²) >= 11 is 0. The van der Waals surface area contributed by atoms with Gasteiger partial charge in [0.05, 0.1) is 0 Å². The maximum atomic E-state index is 11.6. The van der Waals surface area contributed by atoms with Gasteiger partial charge in [-0.3, -0.25) is 4.98 Å². The zero-order valence-electron chi connectivity index (χ0n) is 12.8. The lowest BCUT2D eigenvalue weighted by atomic mass is 10.3. The fourth-order valence-corrected chi connectivity index (χ4v) is 1.82. The minimum atomic E-state index is -0.456. The van der Waals surface area contributed by atoms with Gasteiger partial charge in [0.1, 0.15) is 0 Å². The summed E-state index contributed by atoms with van der Waals surface area (Å²) < 4.78 is 0. The van der Waals surface area contributed by atoms with Crippen molar-refractivity contribution in [3.63, 3.8) is 0 Å². The lowest BCUT2D eigenvalue weighted by Crippen LogP contribution is -2.20. The molecule has 0 unspecified atom stereocenters. The van der Waals surface area contributed by atoms with E-state index in [9.17, 15) is 4.79 Å². The van der Waals surface area contributed by atoms with Crippen LogP contribution >= 0.6 is 0 Å². The molecule has 2 aromatic rings. The van der Waals surface area contributed by atoms with Crippen LogP contribution < -0.4 is 22.1 Å². The van der Waals surface area contributed by atoms with Gasteiger partial charge in [0.25, 0.3) is 0 Å². The van der Waals surface area contributed by atoms with Gasteiger partial charge in [-0.2, -0.15) is 9.97 Å². The lowest BCUT2D eigenvalue weighted by Gasteiger charge is -2.10. The Kier molecular flexibility index (Phi) is 5.31. The van der Waals surface area contributed by atoms with Gasteiger partial charge in [0.15, 0.2) is 0 Å². The molecule has 1 aromatic carbocycles. The molecule has 8 heteroatoms. The van der Waals surface area contributed by atoms with E-state index in [0.717, 1.165) is 18.7 Å². The van der Waals surface area contributed by atoms with E-state index < -0.39 is 5.69 Å². The van der Waals surface area contributed by atoms with Crippen LogP contribution in [0.4, 0.5) is 23.3 Å². The molecular formula is C14H21N7O. The number of rotatable bonds is 7. The highest BCUT2D eigenvalue weighted by Gasteiger charge is 2.03. The average Bonchev–Trinajstić information content (AvgIpc) is 2.45. The summed E-state index contributed by atoms with van der Waals surface area (Å²) in [5.41, 5.74) is 6.63. The first-order valence-electron chi connectivity index (χ1n) is 7.02. The van der Waals surface area contributed by atoms with Crippen molar-refractivity contribution < 1.29 is 0 Å². The monoisotopic (exact) mass is 303 g/mol. The second-order valence-corrected chi connectivity index (χ2v) is 5.16. The fraction of sp³-hybridized carbons (Fsp3) is 0.357. The van der Waals surface area contributed by atoms with Crippen LogP contribution in [-0.2, 0) is 0 Å². The quantitative estimate of drug-likeness (QED) is 0.443. The third kappa shape index (κ3) is 5.06. The van der Waals surface area contributed by atoms with Crippen LogP contribution in [0.5, 0.6) is 0 Å². The molecule has 8 nitrogen and oxygen atoms in total. The summed E-state index contributed by atoms with van der Waals surface area (Å²) in [6, 6.07) is 7.14. The number of anilines is 4. The largest absolute Gasteiger partial charge is 0.399 e. The highest BCUT2D eigenvalue weighted by molar-refractivity contribution is 5.57. The molecule has 0 aliphatic carbocycles. The molecule has 0 aliphatic rings. The maximum Gasteiger partial charge on any atom is 0.351 e. The van der Waals surface area contributed by atoms with Crippen LogP contribution in [0.3, 0.4) is 0 Å².